The molecular formula is C19H24N2O4S. The number of hydrogen-bond donors (Lipinski definition) is 1. The van der Waals surface area contributed by atoms with Crippen molar-refractivity contribution in [1.82, 2.24) is 0 Å². The maximum absolute atomic E-state index is 12.1. The quantitative estimate of drug-likeness (QED) is 0.768. The highest BCUT2D eigenvalue weighted by Crippen LogP contribution is 2.20. The van der Waals surface area contributed by atoms with Crippen LogP contribution in [0.5, 0.6) is 5.75 Å². The summed E-state index contributed by atoms with van der Waals surface area (Å²) < 4.78 is 30.6. The normalized spacial score (nSPS) is 11.0. The van der Waals surface area contributed by atoms with Crippen molar-refractivity contribution >= 4 is 27.3 Å². The molecule has 0 atom stereocenters. The third kappa shape index (κ3) is 5.77. The van der Waals surface area contributed by atoms with E-state index < -0.39 is 10.0 Å². The van der Waals surface area contributed by atoms with E-state index in [1.165, 1.54) is 10.6 Å². The number of rotatable bonds is 8. The van der Waals surface area contributed by atoms with E-state index in [4.69, 9.17) is 4.74 Å². The molecule has 0 aliphatic heterocycles. The lowest BCUT2D eigenvalue weighted by Crippen LogP contribution is -2.31. The minimum Gasteiger partial charge on any atom is -0.497 e. The van der Waals surface area contributed by atoms with E-state index in [1.54, 1.807) is 37.4 Å². The van der Waals surface area contributed by atoms with Gasteiger partial charge in [0.25, 0.3) is 0 Å². The predicted octanol–water partition coefficient (Wildman–Crippen LogP) is 3.19. The second kappa shape index (κ2) is 8.71. The van der Waals surface area contributed by atoms with Crippen molar-refractivity contribution in [2.75, 3.05) is 29.5 Å². The molecule has 0 bridgehead atoms. The number of aryl methyl sites for hydroxylation is 1. The van der Waals surface area contributed by atoms with Crippen molar-refractivity contribution in [3.8, 4) is 5.75 Å². The molecule has 0 unspecified atom stereocenters. The van der Waals surface area contributed by atoms with Crippen molar-refractivity contribution < 1.29 is 17.9 Å². The summed E-state index contributed by atoms with van der Waals surface area (Å²) >= 11 is 0. The fourth-order valence-electron chi connectivity index (χ4n) is 2.58. The van der Waals surface area contributed by atoms with Gasteiger partial charge in [0.05, 0.1) is 19.1 Å². The monoisotopic (exact) mass is 376 g/mol. The molecule has 0 spiro atoms. The van der Waals surface area contributed by atoms with E-state index in [-0.39, 0.29) is 18.9 Å². The lowest BCUT2D eigenvalue weighted by Gasteiger charge is -2.22. The first-order chi connectivity index (χ1) is 12.3. The van der Waals surface area contributed by atoms with Gasteiger partial charge < -0.3 is 10.1 Å². The van der Waals surface area contributed by atoms with Gasteiger partial charge in [-0.05, 0) is 43.2 Å². The third-order valence-electron chi connectivity index (χ3n) is 3.81. The summed E-state index contributed by atoms with van der Waals surface area (Å²) in [4.78, 5) is 12.1. The van der Waals surface area contributed by atoms with Gasteiger partial charge in [-0.15, -0.1) is 0 Å². The van der Waals surface area contributed by atoms with Crippen molar-refractivity contribution in [3.05, 3.63) is 54.1 Å². The minimum atomic E-state index is -3.42. The van der Waals surface area contributed by atoms with Crippen LogP contribution in [0.15, 0.2) is 48.5 Å². The number of nitrogens with one attached hydrogen (secondary N) is 1. The second-order valence-electron chi connectivity index (χ2n) is 6.06. The molecule has 140 valence electrons. The number of carbonyl (C=O) groups excluding carboxylic acids is 1. The fraction of sp³-hybridized carbons (Fsp3) is 0.316. The molecule has 6 nitrogen and oxygen atoms in total. The predicted molar refractivity (Wildman–Crippen MR) is 104 cm³/mol. The van der Waals surface area contributed by atoms with Crippen LogP contribution < -0.4 is 14.4 Å². The summed E-state index contributed by atoms with van der Waals surface area (Å²) in [5.41, 5.74) is 2.24. The van der Waals surface area contributed by atoms with E-state index in [1.807, 2.05) is 25.1 Å². The Bertz CT molecular complexity index is 865. The molecular weight excluding hydrogens is 352 g/mol. The summed E-state index contributed by atoms with van der Waals surface area (Å²) in [6.07, 6.45) is 1.80. The molecule has 0 aliphatic rings. The smallest absolute Gasteiger partial charge is 0.232 e. The summed E-state index contributed by atoms with van der Waals surface area (Å²) in [5.74, 6) is 0.487. The Kier molecular flexibility index (Phi) is 6.63. The number of sulfonamides is 1. The van der Waals surface area contributed by atoms with Gasteiger partial charge in [-0.1, -0.05) is 18.2 Å². The molecule has 1 amide bonds. The molecule has 0 radical (unpaired) electrons. The zero-order chi connectivity index (χ0) is 19.2. The molecule has 0 saturated carbocycles. The number of carbonyl (C=O) groups is 1. The first-order valence-corrected chi connectivity index (χ1v) is 10.1. The number of methoxy groups -OCH3 is 1. The van der Waals surface area contributed by atoms with E-state index in [0.29, 0.717) is 23.5 Å². The summed E-state index contributed by atoms with van der Waals surface area (Å²) in [7, 11) is -1.85. The maximum atomic E-state index is 12.1. The number of hydrogen-bond acceptors (Lipinski definition) is 4. The zero-order valence-corrected chi connectivity index (χ0v) is 16.0. The Morgan fingerprint density at radius 2 is 1.88 bits per heavy atom. The molecule has 0 saturated heterocycles. The molecule has 1 N–H and O–H groups in total. The van der Waals surface area contributed by atoms with Crippen LogP contribution >= 0.6 is 0 Å². The summed E-state index contributed by atoms with van der Waals surface area (Å²) in [6, 6.07) is 14.4. The zero-order valence-electron chi connectivity index (χ0n) is 15.2. The maximum Gasteiger partial charge on any atom is 0.232 e. The molecule has 0 heterocycles. The van der Waals surface area contributed by atoms with E-state index in [2.05, 4.69) is 5.32 Å². The van der Waals surface area contributed by atoms with Crippen molar-refractivity contribution in [1.29, 1.82) is 0 Å². The van der Waals surface area contributed by atoms with Gasteiger partial charge in [0, 0.05) is 24.7 Å². The second-order valence-corrected chi connectivity index (χ2v) is 7.96. The van der Waals surface area contributed by atoms with Gasteiger partial charge in [-0.25, -0.2) is 8.42 Å². The van der Waals surface area contributed by atoms with Crippen LogP contribution in [0, 0.1) is 6.92 Å². The first kappa shape index (κ1) is 19.8. The Morgan fingerprint density at radius 1 is 1.15 bits per heavy atom. The highest BCUT2D eigenvalue weighted by atomic mass is 32.2. The van der Waals surface area contributed by atoms with Gasteiger partial charge in [-0.3, -0.25) is 9.10 Å². The first-order valence-electron chi connectivity index (χ1n) is 8.28. The standard InChI is InChI=1S/C19H24N2O4S/c1-15-7-4-9-17(13-15)21(26(3,23)24)12-6-11-19(22)20-16-8-5-10-18(14-16)25-2/h4-5,7-10,13-14H,6,11-12H2,1-3H3,(H,20,22). The fourth-order valence-corrected chi connectivity index (χ4v) is 3.53. The lowest BCUT2D eigenvalue weighted by molar-refractivity contribution is -0.116. The van der Waals surface area contributed by atoms with Crippen molar-refractivity contribution in [2.45, 2.75) is 19.8 Å². The van der Waals surface area contributed by atoms with Gasteiger partial charge in [0.2, 0.25) is 15.9 Å². The van der Waals surface area contributed by atoms with Crippen molar-refractivity contribution in [3.63, 3.8) is 0 Å². The molecule has 0 aromatic heterocycles. The largest absolute Gasteiger partial charge is 0.497 e. The molecule has 7 heteroatoms. The number of nitrogens with zero attached hydrogens (tertiary/aromatic N) is 1. The van der Waals surface area contributed by atoms with Gasteiger partial charge in [0.1, 0.15) is 5.75 Å². The van der Waals surface area contributed by atoms with E-state index in [9.17, 15) is 13.2 Å². The van der Waals surface area contributed by atoms with Crippen LogP contribution in [-0.4, -0.2) is 34.2 Å². The lowest BCUT2D eigenvalue weighted by atomic mass is 10.2. The average Bonchev–Trinajstić information content (AvgIpc) is 2.57. The minimum absolute atomic E-state index is 0.170. The molecule has 2 aromatic rings. The van der Waals surface area contributed by atoms with Crippen LogP contribution in [0.3, 0.4) is 0 Å². The SMILES string of the molecule is COc1cccc(NC(=O)CCCN(c2cccc(C)c2)S(C)(=O)=O)c1. The third-order valence-corrected chi connectivity index (χ3v) is 5.00. The number of benzene rings is 2. The molecule has 2 aromatic carbocycles. The van der Waals surface area contributed by atoms with Gasteiger partial charge >= 0.3 is 0 Å². The highest BCUT2D eigenvalue weighted by molar-refractivity contribution is 7.92. The van der Waals surface area contributed by atoms with Gasteiger partial charge in [-0.2, -0.15) is 0 Å². The highest BCUT2D eigenvalue weighted by Gasteiger charge is 2.17. The number of ether oxygens (including phenoxy) is 1. The number of amides is 1. The van der Waals surface area contributed by atoms with Crippen LogP contribution in [0.2, 0.25) is 0 Å². The van der Waals surface area contributed by atoms with Crippen LogP contribution in [0.4, 0.5) is 11.4 Å². The Labute approximate surface area is 154 Å². The summed E-state index contributed by atoms with van der Waals surface area (Å²) in [5, 5.41) is 2.79. The van der Waals surface area contributed by atoms with Gasteiger partial charge in [0.15, 0.2) is 0 Å². The average molecular weight is 376 g/mol. The topological polar surface area (TPSA) is 75.7 Å². The molecule has 0 fully saturated rings. The van der Waals surface area contributed by atoms with Crippen LogP contribution in [0.1, 0.15) is 18.4 Å². The molecule has 2 rings (SSSR count). The molecule has 0 aliphatic carbocycles. The van der Waals surface area contributed by atoms with Crippen LogP contribution in [0.25, 0.3) is 0 Å². The Balaban J connectivity index is 1.96. The Hall–Kier alpha value is -2.54. The molecule has 26 heavy (non-hydrogen) atoms. The van der Waals surface area contributed by atoms with E-state index >= 15 is 0 Å². The summed E-state index contributed by atoms with van der Waals surface area (Å²) in [6.45, 7) is 2.15. The number of anilines is 2. The van der Waals surface area contributed by atoms with Crippen LogP contribution in [-0.2, 0) is 14.8 Å². The van der Waals surface area contributed by atoms with E-state index in [0.717, 1.165) is 5.56 Å². The Morgan fingerprint density at radius 3 is 2.54 bits per heavy atom. The van der Waals surface area contributed by atoms with Crippen molar-refractivity contribution in [2.24, 2.45) is 0 Å².